The molecular weight excluding hydrogens is 498 g/mol. The lowest BCUT2D eigenvalue weighted by molar-refractivity contribution is 0.0985. The van der Waals surface area contributed by atoms with Gasteiger partial charge >= 0.3 is 0 Å². The summed E-state index contributed by atoms with van der Waals surface area (Å²) < 4.78 is 35.3. The van der Waals surface area contributed by atoms with Gasteiger partial charge in [-0.3, -0.25) is 14.4 Å². The van der Waals surface area contributed by atoms with Crippen LogP contribution in [0.3, 0.4) is 0 Å². The molecule has 0 aliphatic heterocycles. The molecule has 0 N–H and O–H groups in total. The Hall–Kier alpha value is -3.28. The average Bonchev–Trinajstić information content (AvgIpc) is 3.54. The summed E-state index contributed by atoms with van der Waals surface area (Å²) in [5, 5.41) is 4.77. The van der Waals surface area contributed by atoms with E-state index in [1.165, 1.54) is 27.8 Å². The number of hydrogen-bond acceptors (Lipinski definition) is 7. The Bertz CT molecular complexity index is 1430. The zero-order chi connectivity index (χ0) is 25.9. The maximum absolute atomic E-state index is 13.7. The Balaban J connectivity index is 1.68. The standard InChI is InChI=1S/C25H29N5O4S2/c1-5-34-21-8-6-9-22-23(21)27-25(35-22)30(17-16-29-15-7-14-26-29)24(31)19-10-12-20(13-11-19)36(32,33)28(4)18(2)3/h6-15,18H,5,16-17H2,1-4H3. The summed E-state index contributed by atoms with van der Waals surface area (Å²) in [5.41, 5.74) is 1.07. The van der Waals surface area contributed by atoms with Crippen molar-refractivity contribution in [1.29, 1.82) is 0 Å². The molecule has 4 aromatic rings. The second-order valence-electron chi connectivity index (χ2n) is 8.40. The number of hydrogen-bond donors (Lipinski definition) is 0. The van der Waals surface area contributed by atoms with Crippen molar-refractivity contribution in [2.24, 2.45) is 0 Å². The van der Waals surface area contributed by atoms with Crippen LogP contribution in [-0.2, 0) is 16.6 Å². The first kappa shape index (κ1) is 25.8. The highest BCUT2D eigenvalue weighted by Gasteiger charge is 2.25. The molecule has 11 heteroatoms. The van der Waals surface area contributed by atoms with Crippen molar-refractivity contribution in [3.63, 3.8) is 0 Å². The fourth-order valence-corrected chi connectivity index (χ4v) is 5.96. The van der Waals surface area contributed by atoms with Gasteiger partial charge in [0.2, 0.25) is 10.0 Å². The van der Waals surface area contributed by atoms with Crippen molar-refractivity contribution in [3.8, 4) is 5.75 Å². The number of thiazole rings is 1. The van der Waals surface area contributed by atoms with E-state index < -0.39 is 10.0 Å². The monoisotopic (exact) mass is 527 g/mol. The van der Waals surface area contributed by atoms with Crippen LogP contribution in [0.1, 0.15) is 31.1 Å². The first-order valence-electron chi connectivity index (χ1n) is 11.6. The first-order chi connectivity index (χ1) is 17.2. The Labute approximate surface area is 215 Å². The van der Waals surface area contributed by atoms with Gasteiger partial charge in [-0.05, 0) is 63.2 Å². The third kappa shape index (κ3) is 5.28. The molecule has 2 aromatic carbocycles. The molecule has 1 amide bonds. The lowest BCUT2D eigenvalue weighted by Gasteiger charge is -2.22. The van der Waals surface area contributed by atoms with E-state index >= 15 is 0 Å². The molecule has 0 spiro atoms. The van der Waals surface area contributed by atoms with Gasteiger partial charge in [0.25, 0.3) is 5.91 Å². The van der Waals surface area contributed by atoms with Gasteiger partial charge in [0.15, 0.2) is 5.13 Å². The van der Waals surface area contributed by atoms with Crippen LogP contribution < -0.4 is 9.64 Å². The summed E-state index contributed by atoms with van der Waals surface area (Å²) in [4.78, 5) is 20.2. The predicted molar refractivity (Wildman–Crippen MR) is 141 cm³/mol. The quantitative estimate of drug-likeness (QED) is 0.306. The fraction of sp³-hybridized carbons (Fsp3) is 0.320. The van der Waals surface area contributed by atoms with E-state index in [1.54, 1.807) is 35.0 Å². The highest BCUT2D eigenvalue weighted by atomic mass is 32.2. The number of nitrogens with zero attached hydrogens (tertiary/aromatic N) is 5. The highest BCUT2D eigenvalue weighted by Crippen LogP contribution is 2.35. The molecule has 36 heavy (non-hydrogen) atoms. The minimum absolute atomic E-state index is 0.139. The Kier molecular flexibility index (Phi) is 7.72. The number of aromatic nitrogens is 3. The highest BCUT2D eigenvalue weighted by molar-refractivity contribution is 7.89. The van der Waals surface area contributed by atoms with E-state index in [0.29, 0.717) is 41.7 Å². The second-order valence-corrected chi connectivity index (χ2v) is 11.4. The van der Waals surface area contributed by atoms with Gasteiger partial charge in [-0.15, -0.1) is 0 Å². The molecular formula is C25H29N5O4S2. The molecule has 0 saturated heterocycles. The van der Waals surface area contributed by atoms with E-state index in [9.17, 15) is 13.2 Å². The van der Waals surface area contributed by atoms with Crippen LogP contribution in [0.25, 0.3) is 10.2 Å². The molecule has 0 radical (unpaired) electrons. The van der Waals surface area contributed by atoms with Crippen LogP contribution in [0.2, 0.25) is 0 Å². The molecule has 0 bridgehead atoms. The number of sulfonamides is 1. The smallest absolute Gasteiger partial charge is 0.260 e. The average molecular weight is 528 g/mol. The molecule has 0 aliphatic rings. The number of anilines is 1. The number of ether oxygens (including phenoxy) is 1. The molecule has 9 nitrogen and oxygen atoms in total. The number of carbonyl (C=O) groups is 1. The van der Waals surface area contributed by atoms with Crippen molar-refractivity contribution in [2.45, 2.75) is 38.3 Å². The van der Waals surface area contributed by atoms with Crippen LogP contribution >= 0.6 is 11.3 Å². The number of para-hydroxylation sites is 1. The molecule has 0 fully saturated rings. The van der Waals surface area contributed by atoms with Crippen LogP contribution in [0, 0.1) is 0 Å². The molecule has 0 aliphatic carbocycles. The summed E-state index contributed by atoms with van der Waals surface area (Å²) in [7, 11) is -2.11. The third-order valence-corrected chi connectivity index (χ3v) is 8.86. The summed E-state index contributed by atoms with van der Waals surface area (Å²) in [6.07, 6.45) is 3.52. The van der Waals surface area contributed by atoms with E-state index in [-0.39, 0.29) is 16.8 Å². The molecule has 4 rings (SSSR count). The summed E-state index contributed by atoms with van der Waals surface area (Å²) >= 11 is 1.40. The molecule has 190 valence electrons. The molecule has 2 heterocycles. The van der Waals surface area contributed by atoms with E-state index in [4.69, 9.17) is 9.72 Å². The van der Waals surface area contributed by atoms with Gasteiger partial charge in [0.1, 0.15) is 11.3 Å². The van der Waals surface area contributed by atoms with Crippen molar-refractivity contribution >= 4 is 42.6 Å². The van der Waals surface area contributed by atoms with Gasteiger partial charge in [-0.25, -0.2) is 13.4 Å². The maximum atomic E-state index is 13.7. The van der Waals surface area contributed by atoms with Crippen LogP contribution in [0.5, 0.6) is 5.75 Å². The predicted octanol–water partition coefficient (Wildman–Crippen LogP) is 4.27. The molecule has 2 aromatic heterocycles. The Morgan fingerprint density at radius 3 is 2.53 bits per heavy atom. The largest absolute Gasteiger partial charge is 0.492 e. The number of carbonyl (C=O) groups excluding carboxylic acids is 1. The fourth-order valence-electron chi connectivity index (χ4n) is 3.59. The Morgan fingerprint density at radius 1 is 1.14 bits per heavy atom. The number of rotatable bonds is 10. The van der Waals surface area contributed by atoms with Gasteiger partial charge in [-0.1, -0.05) is 17.4 Å². The van der Waals surface area contributed by atoms with Crippen LogP contribution in [-0.4, -0.2) is 59.6 Å². The zero-order valence-corrected chi connectivity index (χ0v) is 22.3. The third-order valence-electron chi connectivity index (χ3n) is 5.76. The van der Waals surface area contributed by atoms with Crippen molar-refractivity contribution in [1.82, 2.24) is 19.1 Å². The first-order valence-corrected chi connectivity index (χ1v) is 13.9. The second kappa shape index (κ2) is 10.8. The maximum Gasteiger partial charge on any atom is 0.260 e. The van der Waals surface area contributed by atoms with Crippen molar-refractivity contribution in [3.05, 3.63) is 66.5 Å². The number of amides is 1. The molecule has 0 saturated carbocycles. The van der Waals surface area contributed by atoms with E-state index in [2.05, 4.69) is 5.10 Å². The lowest BCUT2D eigenvalue weighted by atomic mass is 10.2. The topological polar surface area (TPSA) is 97.6 Å². The van der Waals surface area contributed by atoms with E-state index in [0.717, 1.165) is 4.70 Å². The zero-order valence-electron chi connectivity index (χ0n) is 20.7. The van der Waals surface area contributed by atoms with Crippen LogP contribution in [0.4, 0.5) is 5.13 Å². The van der Waals surface area contributed by atoms with Crippen molar-refractivity contribution in [2.75, 3.05) is 25.1 Å². The van der Waals surface area contributed by atoms with Gasteiger partial charge in [0.05, 0.1) is 22.7 Å². The molecule has 0 atom stereocenters. The van der Waals surface area contributed by atoms with Crippen molar-refractivity contribution < 1.29 is 17.9 Å². The summed E-state index contributed by atoms with van der Waals surface area (Å²) in [6.45, 7) is 6.84. The number of fused-ring (bicyclic) bond motifs is 1. The number of benzene rings is 2. The van der Waals surface area contributed by atoms with Crippen LogP contribution in [0.15, 0.2) is 65.8 Å². The van der Waals surface area contributed by atoms with Gasteiger partial charge in [-0.2, -0.15) is 9.40 Å². The van der Waals surface area contributed by atoms with E-state index in [1.807, 2.05) is 51.2 Å². The summed E-state index contributed by atoms with van der Waals surface area (Å²) in [6, 6.07) is 13.4. The van der Waals surface area contributed by atoms with Gasteiger partial charge < -0.3 is 4.74 Å². The summed E-state index contributed by atoms with van der Waals surface area (Å²) in [5.74, 6) is 0.390. The SMILES string of the molecule is CCOc1cccc2sc(N(CCn3cccn3)C(=O)c3ccc(S(=O)(=O)N(C)C(C)C)cc3)nc12. The lowest BCUT2D eigenvalue weighted by Crippen LogP contribution is -2.34. The Morgan fingerprint density at radius 2 is 1.89 bits per heavy atom. The normalized spacial score (nSPS) is 11.9. The minimum Gasteiger partial charge on any atom is -0.492 e. The minimum atomic E-state index is -3.65. The van der Waals surface area contributed by atoms with Gasteiger partial charge in [0, 0.05) is 37.6 Å². The molecule has 0 unspecified atom stereocenters.